The smallest absolute Gasteiger partial charge is 0.412 e. The highest BCUT2D eigenvalue weighted by Gasteiger charge is 2.17. The number of hydrogen-bond acceptors (Lipinski definition) is 9. The molecule has 0 radical (unpaired) electrons. The summed E-state index contributed by atoms with van der Waals surface area (Å²) in [4.78, 5) is 31.3. The van der Waals surface area contributed by atoms with E-state index in [0.29, 0.717) is 28.3 Å². The Morgan fingerprint density at radius 2 is 1.90 bits per heavy atom. The molecule has 1 unspecified atom stereocenters. The minimum Gasteiger partial charge on any atom is -0.574 e. The molecule has 2 aromatic rings. The van der Waals surface area contributed by atoms with Crippen LogP contribution in [0.25, 0.3) is 0 Å². The Hall–Kier alpha value is -2.78. The summed E-state index contributed by atoms with van der Waals surface area (Å²) in [5.41, 5.74) is 3.80. The summed E-state index contributed by atoms with van der Waals surface area (Å²) >= 11 is 0. The first-order valence-corrected chi connectivity index (χ1v) is 10.7. The Morgan fingerprint density at radius 3 is 2.52 bits per heavy atom. The molecule has 0 aliphatic heterocycles. The van der Waals surface area contributed by atoms with Crippen molar-refractivity contribution in [2.24, 2.45) is 4.85 Å². The number of carbonyl (C=O) groups excluding carboxylic acids is 1. The van der Waals surface area contributed by atoms with Crippen LogP contribution in [0.4, 0.5) is 0 Å². The van der Waals surface area contributed by atoms with Crippen molar-refractivity contribution in [2.75, 3.05) is 0 Å². The Labute approximate surface area is 181 Å². The number of ether oxygens (including phenoxy) is 2. The topological polar surface area (TPSA) is 146 Å². The van der Waals surface area contributed by atoms with Gasteiger partial charge in [-0.15, -0.1) is 0 Å². The average Bonchev–Trinajstić information content (AvgIpc) is 2.73. The first-order valence-electron chi connectivity index (χ1n) is 9.53. The first kappa shape index (κ1) is 24.5. The van der Waals surface area contributed by atoms with Gasteiger partial charge < -0.3 is 24.6 Å². The van der Waals surface area contributed by atoms with Crippen LogP contribution in [0.15, 0.2) is 35.3 Å². The van der Waals surface area contributed by atoms with Crippen LogP contribution in [0.3, 0.4) is 0 Å². The van der Waals surface area contributed by atoms with Gasteiger partial charge in [0.05, 0.1) is 18.4 Å². The number of nitrogens with zero attached hydrogens (tertiary/aromatic N) is 2. The third-order valence-electron chi connectivity index (χ3n) is 4.03. The van der Waals surface area contributed by atoms with E-state index in [4.69, 9.17) is 14.0 Å². The number of aliphatic hydroxyl groups is 1. The second kappa shape index (κ2) is 11.6. The quantitative estimate of drug-likeness (QED) is 0.281. The summed E-state index contributed by atoms with van der Waals surface area (Å²) in [6, 6.07) is 5.54. The Balaban J connectivity index is 1.91. The molecule has 2 atom stereocenters. The molecule has 1 heterocycles. The Bertz CT molecular complexity index is 920. The summed E-state index contributed by atoms with van der Waals surface area (Å²) in [6.07, 6.45) is 1.28. The van der Waals surface area contributed by atoms with E-state index in [-0.39, 0.29) is 25.1 Å². The number of hydrogen-bond donors (Lipinski definition) is 3. The second-order valence-electron chi connectivity index (χ2n) is 6.88. The molecule has 0 aliphatic rings. The number of carbonyl (C=O) groups is 1. The molecule has 1 aromatic heterocycles. The summed E-state index contributed by atoms with van der Waals surface area (Å²) in [6.45, 7) is 6.39. The number of nitrogens with one attached hydrogen (secondary N) is 1. The number of esters is 1. The van der Waals surface area contributed by atoms with Crippen molar-refractivity contribution in [2.45, 2.75) is 53.1 Å². The average molecular weight is 451 g/mol. The predicted octanol–water partition coefficient (Wildman–Crippen LogP) is 2.25. The maximum absolute atomic E-state index is 11.9. The molecule has 0 amide bonds. The molecule has 0 fully saturated rings. The van der Waals surface area contributed by atoms with Gasteiger partial charge in [0.25, 0.3) is 0 Å². The van der Waals surface area contributed by atoms with Crippen LogP contribution in [0.2, 0.25) is 0 Å². The van der Waals surface area contributed by atoms with Gasteiger partial charge in [0.1, 0.15) is 24.1 Å². The van der Waals surface area contributed by atoms with Gasteiger partial charge in [-0.25, -0.2) is 0 Å². The van der Waals surface area contributed by atoms with Gasteiger partial charge in [0, 0.05) is 22.2 Å². The molecule has 11 heteroatoms. The fourth-order valence-electron chi connectivity index (χ4n) is 2.37. The zero-order valence-corrected chi connectivity index (χ0v) is 18.6. The lowest BCUT2D eigenvalue weighted by Gasteiger charge is -2.12. The lowest BCUT2D eigenvalue weighted by atomic mass is 10.1. The molecule has 1 aromatic carbocycles. The van der Waals surface area contributed by atoms with Crippen LogP contribution < -0.4 is 19.6 Å². The molecule has 0 saturated carbocycles. The molecule has 3 N–H and O–H groups in total. The minimum absolute atomic E-state index is 0.0553. The van der Waals surface area contributed by atoms with Crippen LogP contribution in [-0.4, -0.2) is 33.3 Å². The normalized spacial score (nSPS) is 12.5. The summed E-state index contributed by atoms with van der Waals surface area (Å²) in [5, 5.41) is 19.4. The van der Waals surface area contributed by atoms with Gasteiger partial charge in [-0.05, 0) is 52.0 Å². The standard InChI is InChI=1S/C20H26N3O7P/c1-12(2)29-20(26)14(4)22-23-31(27)30-17-7-5-16(6-8-17)28-11-15-9-21-13(3)19(25)18(15)10-24/h5-9,12,14,22,24-25H,10-11H2,1-4H3/t14-/m0/s1. The summed E-state index contributed by atoms with van der Waals surface area (Å²) in [7, 11) is -2.45. The third kappa shape index (κ3) is 7.45. The second-order valence-corrected chi connectivity index (χ2v) is 7.74. The van der Waals surface area contributed by atoms with E-state index in [1.807, 2.05) is 0 Å². The highest BCUT2D eigenvalue weighted by atomic mass is 31.1. The number of benzene rings is 1. The van der Waals surface area contributed by atoms with E-state index in [9.17, 15) is 19.9 Å². The van der Waals surface area contributed by atoms with Crippen LogP contribution in [0, 0.1) is 6.92 Å². The molecule has 0 saturated heterocycles. The van der Waals surface area contributed by atoms with Crippen molar-refractivity contribution in [3.05, 3.63) is 47.3 Å². The zero-order valence-electron chi connectivity index (χ0n) is 17.7. The maximum Gasteiger partial charge on any atom is 0.412 e. The van der Waals surface area contributed by atoms with Gasteiger partial charge in [0.2, 0.25) is 0 Å². The highest BCUT2D eigenvalue weighted by Crippen LogP contribution is 2.27. The van der Waals surface area contributed by atoms with Crippen molar-refractivity contribution in [1.29, 1.82) is 0 Å². The van der Waals surface area contributed by atoms with Gasteiger partial charge in [-0.1, -0.05) is 0 Å². The van der Waals surface area contributed by atoms with Gasteiger partial charge in [-0.3, -0.25) is 14.3 Å². The van der Waals surface area contributed by atoms with Crippen LogP contribution in [-0.2, 0) is 22.7 Å². The molecule has 31 heavy (non-hydrogen) atoms. The van der Waals surface area contributed by atoms with Crippen LogP contribution in [0.5, 0.6) is 17.2 Å². The van der Waals surface area contributed by atoms with E-state index in [1.165, 1.54) is 13.1 Å². The van der Waals surface area contributed by atoms with Crippen molar-refractivity contribution in [3.63, 3.8) is 0 Å². The number of aromatic hydroxyl groups is 1. The lowest BCUT2D eigenvalue weighted by Crippen LogP contribution is -2.33. The summed E-state index contributed by atoms with van der Waals surface area (Å²) < 4.78 is 15.9. The highest BCUT2D eigenvalue weighted by molar-refractivity contribution is 7.33. The maximum atomic E-state index is 11.9. The van der Waals surface area contributed by atoms with E-state index >= 15 is 0 Å². The van der Waals surface area contributed by atoms with E-state index in [1.54, 1.807) is 45.0 Å². The van der Waals surface area contributed by atoms with Crippen LogP contribution >= 0.6 is 8.17 Å². The van der Waals surface area contributed by atoms with E-state index < -0.39 is 20.2 Å². The Morgan fingerprint density at radius 1 is 1.26 bits per heavy atom. The van der Waals surface area contributed by atoms with Crippen molar-refractivity contribution < 1.29 is 33.9 Å². The number of rotatable bonds is 10. The number of aryl methyl sites for hydroxylation is 1. The molecule has 0 spiro atoms. The van der Waals surface area contributed by atoms with Gasteiger partial charge in [0.15, 0.2) is 5.75 Å². The van der Waals surface area contributed by atoms with Gasteiger partial charge >= 0.3 is 14.1 Å². The van der Waals surface area contributed by atoms with Crippen LogP contribution in [0.1, 0.15) is 37.6 Å². The molecular formula is C20H26N3O7P. The molecule has 10 nitrogen and oxygen atoms in total. The largest absolute Gasteiger partial charge is 0.574 e. The molecule has 0 aliphatic carbocycles. The van der Waals surface area contributed by atoms with E-state index in [2.05, 4.69) is 15.3 Å². The first-order chi connectivity index (χ1) is 14.7. The predicted molar refractivity (Wildman–Crippen MR) is 111 cm³/mol. The molecular weight excluding hydrogens is 425 g/mol. The van der Waals surface area contributed by atoms with Gasteiger partial charge in [-0.2, -0.15) is 5.43 Å². The fraction of sp³-hybridized carbons (Fsp3) is 0.400. The van der Waals surface area contributed by atoms with E-state index in [0.717, 1.165) is 0 Å². The molecule has 2 rings (SSSR count). The fourth-order valence-corrected chi connectivity index (χ4v) is 2.98. The Kier molecular flexibility index (Phi) is 9.14. The lowest BCUT2D eigenvalue weighted by molar-refractivity contribution is -0.169. The van der Waals surface area contributed by atoms with Crippen molar-refractivity contribution in [3.8, 4) is 17.2 Å². The number of aliphatic hydroxyl groups excluding tert-OH is 1. The molecule has 168 valence electrons. The van der Waals surface area contributed by atoms with Crippen molar-refractivity contribution in [1.82, 2.24) is 10.4 Å². The zero-order chi connectivity index (χ0) is 23.0. The SMILES string of the molecule is Cc1ncc(COc2ccc(O/[P+]([O-])=N/N[C@@H](C)C(=O)OC(C)C)cc2)c(CO)c1O. The minimum atomic E-state index is -2.45. The summed E-state index contributed by atoms with van der Waals surface area (Å²) in [5.74, 6) is 0.221. The monoisotopic (exact) mass is 451 g/mol. The third-order valence-corrected chi connectivity index (χ3v) is 4.67. The number of pyridine rings is 1. The number of aromatic nitrogens is 1. The molecule has 0 bridgehead atoms. The van der Waals surface area contributed by atoms with Crippen molar-refractivity contribution >= 4 is 14.1 Å².